The van der Waals surface area contributed by atoms with Gasteiger partial charge in [0.25, 0.3) is 0 Å². The van der Waals surface area contributed by atoms with Gasteiger partial charge in [-0.15, -0.1) is 0 Å². The second-order valence-electron chi connectivity index (χ2n) is 28.9. The Balaban J connectivity index is 5.15. The highest BCUT2D eigenvalue weighted by Crippen LogP contribution is 2.45. The molecule has 0 saturated carbocycles. The molecule has 0 aromatic heterocycles. The molecular weight excluding hydrogens is 1230 g/mol. The molecule has 0 aliphatic rings. The number of hydrogen-bond acceptors (Lipinski definition) is 15. The van der Waals surface area contributed by atoms with Gasteiger partial charge in [0.15, 0.2) is 12.2 Å². The van der Waals surface area contributed by atoms with Crippen LogP contribution in [-0.4, -0.2) is 96.7 Å². The summed E-state index contributed by atoms with van der Waals surface area (Å²) in [6.45, 7) is 14.1. The van der Waals surface area contributed by atoms with E-state index in [2.05, 4.69) is 55.4 Å². The zero-order valence-electron chi connectivity index (χ0n) is 61.6. The molecule has 94 heavy (non-hydrogen) atoms. The lowest BCUT2D eigenvalue weighted by Crippen LogP contribution is -2.30. The Kier molecular flexibility index (Phi) is 63.1. The summed E-state index contributed by atoms with van der Waals surface area (Å²) in [5, 5.41) is 10.6. The summed E-state index contributed by atoms with van der Waals surface area (Å²) in [5.41, 5.74) is 0. The zero-order chi connectivity index (χ0) is 69.6. The minimum absolute atomic E-state index is 0.103. The predicted octanol–water partition coefficient (Wildman–Crippen LogP) is 21.7. The molecule has 0 fully saturated rings. The van der Waals surface area contributed by atoms with Crippen molar-refractivity contribution in [3.8, 4) is 0 Å². The topological polar surface area (TPSA) is 237 Å². The average molecular weight is 1380 g/mol. The summed E-state index contributed by atoms with van der Waals surface area (Å²) >= 11 is 0. The van der Waals surface area contributed by atoms with E-state index in [9.17, 15) is 43.2 Å². The lowest BCUT2D eigenvalue weighted by molar-refractivity contribution is -0.161. The summed E-state index contributed by atoms with van der Waals surface area (Å²) in [6.07, 6.45) is 49.0. The van der Waals surface area contributed by atoms with Crippen LogP contribution in [0.25, 0.3) is 0 Å². The fourth-order valence-corrected chi connectivity index (χ4v) is 13.0. The average Bonchev–Trinajstić information content (AvgIpc) is 1.46. The molecular formula is C75H146O17P2. The molecule has 0 radical (unpaired) electrons. The molecule has 0 saturated heterocycles. The van der Waals surface area contributed by atoms with Gasteiger partial charge in [-0.1, -0.05) is 325 Å². The van der Waals surface area contributed by atoms with Crippen molar-refractivity contribution in [2.75, 3.05) is 39.6 Å². The van der Waals surface area contributed by atoms with Gasteiger partial charge < -0.3 is 33.8 Å². The highest BCUT2D eigenvalue weighted by atomic mass is 31.2. The van der Waals surface area contributed by atoms with E-state index in [1.165, 1.54) is 173 Å². The van der Waals surface area contributed by atoms with Gasteiger partial charge in [0, 0.05) is 25.7 Å². The van der Waals surface area contributed by atoms with Crippen LogP contribution in [0.4, 0.5) is 0 Å². The molecule has 19 heteroatoms. The molecule has 3 unspecified atom stereocenters. The molecule has 0 aliphatic carbocycles. The second kappa shape index (κ2) is 64.4. The van der Waals surface area contributed by atoms with Crippen molar-refractivity contribution in [2.24, 2.45) is 23.7 Å². The van der Waals surface area contributed by atoms with Crippen LogP contribution in [0.1, 0.15) is 376 Å². The number of aliphatic hydroxyl groups excluding tert-OH is 1. The largest absolute Gasteiger partial charge is 0.472 e. The number of carbonyl (C=O) groups excluding carboxylic acids is 4. The summed E-state index contributed by atoms with van der Waals surface area (Å²) < 4.78 is 68.4. The maximum absolute atomic E-state index is 13.0. The maximum atomic E-state index is 13.0. The Morgan fingerprint density at radius 1 is 0.266 bits per heavy atom. The predicted molar refractivity (Wildman–Crippen MR) is 381 cm³/mol. The minimum atomic E-state index is -4.95. The Morgan fingerprint density at radius 2 is 0.447 bits per heavy atom. The van der Waals surface area contributed by atoms with Crippen LogP contribution in [0.5, 0.6) is 0 Å². The number of rotatable bonds is 72. The van der Waals surface area contributed by atoms with Crippen molar-refractivity contribution < 1.29 is 80.2 Å². The number of phosphoric ester groups is 2. The molecule has 5 atom stereocenters. The first-order valence-corrected chi connectivity index (χ1v) is 41.7. The van der Waals surface area contributed by atoms with E-state index in [0.29, 0.717) is 37.5 Å². The van der Waals surface area contributed by atoms with Crippen molar-refractivity contribution in [3.05, 3.63) is 0 Å². The standard InChI is InChI=1S/C75H146O17P2/c1-65(2)51-43-35-27-22-18-15-13-11-9-10-12-14-16-20-25-31-41-49-57-74(79)91-71(62-86-73(78)56-48-40-34-33-38-46-54-68(7)8)64-90-94(83,84)88-60-69(76)59-87-93(81,82)89-63-70(92-75(80)58-50-42-32-26-29-37-45-53-67(5)6)61-85-72(77)55-47-39-30-24-21-17-19-23-28-36-44-52-66(3)4/h65-71,76H,9-64H2,1-8H3,(H,81,82)(H,83,84)/t69?,70-,71-/m1/s1. The van der Waals surface area contributed by atoms with E-state index in [0.717, 1.165) is 108 Å². The molecule has 17 nitrogen and oxygen atoms in total. The van der Waals surface area contributed by atoms with Crippen LogP contribution in [-0.2, 0) is 65.4 Å². The quantitative estimate of drug-likeness (QED) is 0.0222. The van der Waals surface area contributed by atoms with Gasteiger partial charge in [-0.05, 0) is 49.4 Å². The third-order valence-corrected chi connectivity index (χ3v) is 19.2. The first kappa shape index (κ1) is 92.1. The van der Waals surface area contributed by atoms with E-state index in [1.54, 1.807) is 0 Å². The first-order valence-electron chi connectivity index (χ1n) is 38.7. The Bertz CT molecular complexity index is 1850. The fraction of sp³-hybridized carbons (Fsp3) is 0.947. The monoisotopic (exact) mass is 1380 g/mol. The van der Waals surface area contributed by atoms with Gasteiger partial charge >= 0.3 is 39.5 Å². The Hall–Kier alpha value is -1.94. The van der Waals surface area contributed by atoms with Crippen LogP contribution >= 0.6 is 15.6 Å². The van der Waals surface area contributed by atoms with Crippen LogP contribution in [0.15, 0.2) is 0 Å². The van der Waals surface area contributed by atoms with Crippen LogP contribution in [0.3, 0.4) is 0 Å². The van der Waals surface area contributed by atoms with Gasteiger partial charge in [0.2, 0.25) is 0 Å². The highest BCUT2D eigenvalue weighted by molar-refractivity contribution is 7.47. The van der Waals surface area contributed by atoms with Gasteiger partial charge in [-0.2, -0.15) is 0 Å². The van der Waals surface area contributed by atoms with Crippen molar-refractivity contribution >= 4 is 39.5 Å². The minimum Gasteiger partial charge on any atom is -0.462 e. The normalized spacial score (nSPS) is 14.2. The van der Waals surface area contributed by atoms with Gasteiger partial charge in [-0.3, -0.25) is 37.3 Å². The maximum Gasteiger partial charge on any atom is 0.472 e. The number of unbranched alkanes of at least 4 members (excludes halogenated alkanes) is 38. The smallest absolute Gasteiger partial charge is 0.462 e. The first-order chi connectivity index (χ1) is 45.1. The second-order valence-corrected chi connectivity index (χ2v) is 31.9. The summed E-state index contributed by atoms with van der Waals surface area (Å²) in [7, 11) is -9.91. The number of phosphoric acid groups is 2. The third kappa shape index (κ3) is 68.6. The molecule has 0 rings (SSSR count). The van der Waals surface area contributed by atoms with Gasteiger partial charge in [0.05, 0.1) is 26.4 Å². The summed E-state index contributed by atoms with van der Waals surface area (Å²) in [5.74, 6) is 0.839. The van der Waals surface area contributed by atoms with Gasteiger partial charge in [0.1, 0.15) is 19.3 Å². The van der Waals surface area contributed by atoms with E-state index >= 15 is 0 Å². The van der Waals surface area contributed by atoms with Gasteiger partial charge in [-0.25, -0.2) is 9.13 Å². The molecule has 0 aromatic carbocycles. The number of carbonyl (C=O) groups is 4. The summed E-state index contributed by atoms with van der Waals surface area (Å²) in [4.78, 5) is 72.6. The fourth-order valence-electron chi connectivity index (χ4n) is 11.4. The van der Waals surface area contributed by atoms with Crippen molar-refractivity contribution in [2.45, 2.75) is 395 Å². The number of hydrogen-bond donors (Lipinski definition) is 3. The van der Waals surface area contributed by atoms with E-state index in [4.69, 9.17) is 37.0 Å². The summed E-state index contributed by atoms with van der Waals surface area (Å²) in [6, 6.07) is 0. The van der Waals surface area contributed by atoms with Crippen LogP contribution < -0.4 is 0 Å². The Labute approximate surface area is 575 Å². The van der Waals surface area contributed by atoms with E-state index in [1.807, 2.05) is 0 Å². The van der Waals surface area contributed by atoms with Crippen molar-refractivity contribution in [1.82, 2.24) is 0 Å². The van der Waals surface area contributed by atoms with Crippen molar-refractivity contribution in [1.29, 1.82) is 0 Å². The van der Waals surface area contributed by atoms with E-state index < -0.39 is 97.5 Å². The molecule has 0 aromatic rings. The molecule has 0 amide bonds. The lowest BCUT2D eigenvalue weighted by atomic mass is 10.0. The van der Waals surface area contributed by atoms with Crippen LogP contribution in [0, 0.1) is 23.7 Å². The molecule has 0 spiro atoms. The molecule has 0 bridgehead atoms. The van der Waals surface area contributed by atoms with Crippen LogP contribution in [0.2, 0.25) is 0 Å². The molecule has 0 heterocycles. The molecule has 558 valence electrons. The molecule has 3 N–H and O–H groups in total. The van der Waals surface area contributed by atoms with Crippen molar-refractivity contribution in [3.63, 3.8) is 0 Å². The number of esters is 4. The third-order valence-electron chi connectivity index (χ3n) is 17.3. The van der Waals surface area contributed by atoms with E-state index in [-0.39, 0.29) is 25.7 Å². The number of ether oxygens (including phenoxy) is 4. The number of aliphatic hydroxyl groups is 1. The lowest BCUT2D eigenvalue weighted by Gasteiger charge is -2.21. The molecule has 0 aliphatic heterocycles. The highest BCUT2D eigenvalue weighted by Gasteiger charge is 2.30. The Morgan fingerprint density at radius 3 is 0.660 bits per heavy atom. The SMILES string of the molecule is CC(C)CCCCCCCCCCCCCCCCCCCCC(=O)O[C@H](COC(=O)CCCCCCCCC(C)C)COP(=O)(O)OCC(O)COP(=O)(O)OC[C@@H](COC(=O)CCCCCCCCCCCCCC(C)C)OC(=O)CCCCCCCCCC(C)C. The zero-order valence-corrected chi connectivity index (χ0v) is 63.4.